The van der Waals surface area contributed by atoms with E-state index in [9.17, 15) is 17.9 Å². The van der Waals surface area contributed by atoms with Crippen molar-refractivity contribution in [2.45, 2.75) is 18.6 Å². The molecule has 0 aliphatic carbocycles. The Morgan fingerprint density at radius 1 is 1.40 bits per heavy atom. The minimum Gasteiger partial charge on any atom is -0.392 e. The number of ether oxygens (including phenoxy) is 1. The highest BCUT2D eigenvalue weighted by Crippen LogP contribution is 2.34. The lowest BCUT2D eigenvalue weighted by molar-refractivity contribution is 0.188. The van der Waals surface area contributed by atoms with Crippen LogP contribution in [-0.4, -0.2) is 49.9 Å². The number of hydrogen-bond acceptors (Lipinski definition) is 4. The van der Waals surface area contributed by atoms with Gasteiger partial charge in [0.25, 0.3) is 0 Å². The van der Waals surface area contributed by atoms with Gasteiger partial charge in [0.1, 0.15) is 5.82 Å². The van der Waals surface area contributed by atoms with Crippen molar-refractivity contribution in [2.24, 2.45) is 0 Å². The maximum Gasteiger partial charge on any atom is 0.217 e. The molecule has 1 saturated heterocycles. The molecule has 1 aromatic carbocycles. The van der Waals surface area contributed by atoms with E-state index in [1.807, 2.05) is 0 Å². The van der Waals surface area contributed by atoms with Crippen molar-refractivity contribution in [1.82, 2.24) is 4.31 Å². The fourth-order valence-corrected chi connectivity index (χ4v) is 3.99. The molecule has 7 heteroatoms. The molecule has 20 heavy (non-hydrogen) atoms. The molecule has 1 aliphatic rings. The monoisotopic (exact) mass is 303 g/mol. The zero-order valence-corrected chi connectivity index (χ0v) is 12.0. The number of hydrogen-bond donors (Lipinski definition) is 1. The summed E-state index contributed by atoms with van der Waals surface area (Å²) in [4.78, 5) is 0. The SMILES string of the molecule is COCCS(=O)(=O)N1C[C@H](O)C[C@@H]1c1ccc(F)cc1. The standard InChI is InChI=1S/C13H18FNO4S/c1-19-6-7-20(17,18)15-9-12(16)8-13(15)10-2-4-11(14)5-3-10/h2-5,12-13,16H,6-9H2,1H3/t12-,13-/m1/s1. The van der Waals surface area contributed by atoms with E-state index in [1.165, 1.54) is 23.5 Å². The van der Waals surface area contributed by atoms with Crippen LogP contribution in [0.1, 0.15) is 18.0 Å². The van der Waals surface area contributed by atoms with Crippen LogP contribution in [0.25, 0.3) is 0 Å². The minimum absolute atomic E-state index is 0.0636. The minimum atomic E-state index is -3.51. The number of β-amino-alcohol motifs (C(OH)–C–C–N with tert-alkyl or cyclic N) is 1. The maximum absolute atomic E-state index is 13.0. The van der Waals surface area contributed by atoms with Crippen molar-refractivity contribution in [3.63, 3.8) is 0 Å². The van der Waals surface area contributed by atoms with Crippen molar-refractivity contribution in [3.8, 4) is 0 Å². The molecule has 0 radical (unpaired) electrons. The summed E-state index contributed by atoms with van der Waals surface area (Å²) < 4.78 is 43.5. The van der Waals surface area contributed by atoms with Crippen LogP contribution < -0.4 is 0 Å². The van der Waals surface area contributed by atoms with E-state index in [2.05, 4.69) is 0 Å². The fraction of sp³-hybridized carbons (Fsp3) is 0.538. The highest BCUT2D eigenvalue weighted by atomic mass is 32.2. The molecule has 1 fully saturated rings. The van der Waals surface area contributed by atoms with Crippen LogP contribution in [0.2, 0.25) is 0 Å². The Labute approximate surface area is 118 Å². The summed E-state index contributed by atoms with van der Waals surface area (Å²) in [5.74, 6) is -0.505. The first-order chi connectivity index (χ1) is 9.44. The van der Waals surface area contributed by atoms with Crippen LogP contribution in [0, 0.1) is 5.82 Å². The van der Waals surface area contributed by atoms with E-state index < -0.39 is 22.2 Å². The summed E-state index contributed by atoms with van der Waals surface area (Å²) >= 11 is 0. The maximum atomic E-state index is 13.0. The number of rotatable bonds is 5. The zero-order chi connectivity index (χ0) is 14.8. The van der Waals surface area contributed by atoms with Crippen LogP contribution >= 0.6 is 0 Å². The van der Waals surface area contributed by atoms with Gasteiger partial charge in [-0.2, -0.15) is 4.31 Å². The number of aliphatic hydroxyl groups excluding tert-OH is 1. The molecule has 2 rings (SSSR count). The molecule has 0 spiro atoms. The highest BCUT2D eigenvalue weighted by Gasteiger charge is 2.39. The molecule has 0 aromatic heterocycles. The number of aliphatic hydroxyl groups is 1. The van der Waals surface area contributed by atoms with Gasteiger partial charge in [-0.25, -0.2) is 12.8 Å². The molecule has 0 saturated carbocycles. The lowest BCUT2D eigenvalue weighted by Crippen LogP contribution is -2.34. The largest absolute Gasteiger partial charge is 0.392 e. The van der Waals surface area contributed by atoms with Crippen LogP contribution in [0.3, 0.4) is 0 Å². The molecule has 1 heterocycles. The molecule has 0 unspecified atom stereocenters. The van der Waals surface area contributed by atoms with Crippen molar-refractivity contribution in [1.29, 1.82) is 0 Å². The molecule has 1 aliphatic heterocycles. The molecule has 0 amide bonds. The smallest absolute Gasteiger partial charge is 0.217 e. The Morgan fingerprint density at radius 2 is 2.05 bits per heavy atom. The van der Waals surface area contributed by atoms with Crippen LogP contribution in [0.15, 0.2) is 24.3 Å². The Balaban J connectivity index is 2.24. The fourth-order valence-electron chi connectivity index (χ4n) is 2.39. The number of nitrogens with zero attached hydrogens (tertiary/aromatic N) is 1. The Morgan fingerprint density at radius 3 is 2.65 bits per heavy atom. The zero-order valence-electron chi connectivity index (χ0n) is 11.2. The third-order valence-corrected chi connectivity index (χ3v) is 5.19. The van der Waals surface area contributed by atoms with Crippen molar-refractivity contribution >= 4 is 10.0 Å². The topological polar surface area (TPSA) is 66.8 Å². The summed E-state index contributed by atoms with van der Waals surface area (Å²) in [5, 5.41) is 9.76. The lowest BCUT2D eigenvalue weighted by Gasteiger charge is -2.24. The van der Waals surface area contributed by atoms with Crippen LogP contribution in [0.4, 0.5) is 4.39 Å². The third kappa shape index (κ3) is 3.35. The van der Waals surface area contributed by atoms with Gasteiger partial charge in [0.05, 0.1) is 24.5 Å². The second kappa shape index (κ2) is 6.17. The molecule has 2 atom stereocenters. The first-order valence-electron chi connectivity index (χ1n) is 6.36. The number of sulfonamides is 1. The van der Waals surface area contributed by atoms with Gasteiger partial charge < -0.3 is 9.84 Å². The second-order valence-electron chi connectivity index (χ2n) is 4.84. The first kappa shape index (κ1) is 15.4. The first-order valence-corrected chi connectivity index (χ1v) is 7.97. The molecular weight excluding hydrogens is 285 g/mol. The van der Waals surface area contributed by atoms with Crippen molar-refractivity contribution in [3.05, 3.63) is 35.6 Å². The van der Waals surface area contributed by atoms with Crippen molar-refractivity contribution in [2.75, 3.05) is 26.0 Å². The lowest BCUT2D eigenvalue weighted by atomic mass is 10.0. The van der Waals surface area contributed by atoms with Gasteiger partial charge in [0.15, 0.2) is 0 Å². The van der Waals surface area contributed by atoms with Crippen LogP contribution in [0.5, 0.6) is 0 Å². The Kier molecular flexibility index (Phi) is 4.74. The van der Waals surface area contributed by atoms with E-state index in [1.54, 1.807) is 12.1 Å². The van der Waals surface area contributed by atoms with Gasteiger partial charge in [-0.1, -0.05) is 12.1 Å². The van der Waals surface area contributed by atoms with Gasteiger partial charge in [0, 0.05) is 13.7 Å². The highest BCUT2D eigenvalue weighted by molar-refractivity contribution is 7.89. The van der Waals surface area contributed by atoms with Gasteiger partial charge in [-0.3, -0.25) is 0 Å². The predicted octanol–water partition coefficient (Wildman–Crippen LogP) is 0.910. The van der Waals surface area contributed by atoms with Crippen molar-refractivity contribution < 1.29 is 22.7 Å². The average Bonchev–Trinajstić information content (AvgIpc) is 2.80. The van der Waals surface area contributed by atoms with Gasteiger partial charge in [0.2, 0.25) is 10.0 Å². The third-order valence-electron chi connectivity index (χ3n) is 3.39. The van der Waals surface area contributed by atoms with Gasteiger partial charge in [-0.15, -0.1) is 0 Å². The van der Waals surface area contributed by atoms with Gasteiger partial charge in [-0.05, 0) is 24.1 Å². The summed E-state index contributed by atoms with van der Waals surface area (Å²) in [7, 11) is -2.07. The summed E-state index contributed by atoms with van der Waals surface area (Å²) in [6.07, 6.45) is -0.389. The molecule has 5 nitrogen and oxygen atoms in total. The van der Waals surface area contributed by atoms with E-state index in [0.29, 0.717) is 12.0 Å². The molecular formula is C13H18FNO4S. The molecule has 0 bridgehead atoms. The molecule has 1 N–H and O–H groups in total. The summed E-state index contributed by atoms with van der Waals surface area (Å²) in [6.45, 7) is 0.166. The number of methoxy groups -OCH3 is 1. The quantitative estimate of drug-likeness (QED) is 0.878. The number of benzene rings is 1. The second-order valence-corrected chi connectivity index (χ2v) is 6.88. The van der Waals surface area contributed by atoms with Gasteiger partial charge >= 0.3 is 0 Å². The normalized spacial score (nSPS) is 24.1. The van der Waals surface area contributed by atoms with E-state index in [4.69, 9.17) is 4.74 Å². The Hall–Kier alpha value is -1.02. The van der Waals surface area contributed by atoms with E-state index in [0.717, 1.165) is 0 Å². The van der Waals surface area contributed by atoms with Crippen LogP contribution in [-0.2, 0) is 14.8 Å². The molecule has 1 aromatic rings. The van der Waals surface area contributed by atoms with E-state index >= 15 is 0 Å². The molecule has 112 valence electrons. The number of halogens is 1. The van der Waals surface area contributed by atoms with E-state index in [-0.39, 0.29) is 24.7 Å². The summed E-state index contributed by atoms with van der Waals surface area (Å²) in [5.41, 5.74) is 0.684. The summed E-state index contributed by atoms with van der Waals surface area (Å²) in [6, 6.07) is 5.24. The Bertz CT molecular complexity index is 546. The average molecular weight is 303 g/mol. The predicted molar refractivity (Wildman–Crippen MR) is 72.1 cm³/mol.